The molecule has 4 rings (SSSR count). The van der Waals surface area contributed by atoms with Gasteiger partial charge in [-0.2, -0.15) is 0 Å². The number of nitrogens with zero attached hydrogens (tertiary/aromatic N) is 2. The highest BCUT2D eigenvalue weighted by molar-refractivity contribution is 5.81. The zero-order chi connectivity index (χ0) is 24.8. The van der Waals surface area contributed by atoms with Crippen LogP contribution >= 0.6 is 0 Å². The quantitative estimate of drug-likeness (QED) is 0.266. The number of fused-ring (bicyclic) bond motifs is 2. The Bertz CT molecular complexity index is 701. The van der Waals surface area contributed by atoms with Crippen molar-refractivity contribution in [3.63, 3.8) is 0 Å². The van der Waals surface area contributed by atoms with Gasteiger partial charge in [0.1, 0.15) is 0 Å². The van der Waals surface area contributed by atoms with Crippen molar-refractivity contribution >= 4 is 21.5 Å². The number of pyridine rings is 2. The molecule has 0 aliphatic rings. The van der Waals surface area contributed by atoms with Crippen molar-refractivity contribution in [3.05, 3.63) is 85.5 Å². The maximum atomic E-state index is 4.01. The van der Waals surface area contributed by atoms with Gasteiger partial charge in [-0.05, 0) is 45.5 Å². The minimum absolute atomic E-state index is 0. The molecule has 0 N–H and O–H groups in total. The number of benzene rings is 2. The first-order valence-electron chi connectivity index (χ1n) is 12.0. The summed E-state index contributed by atoms with van der Waals surface area (Å²) in [5.74, 6) is 1.67. The summed E-state index contributed by atoms with van der Waals surface area (Å²) < 4.78 is 0. The highest BCUT2D eigenvalue weighted by Gasteiger charge is 1.87. The fourth-order valence-electron chi connectivity index (χ4n) is 2.05. The minimum Gasteiger partial charge on any atom is -0.264 e. The van der Waals surface area contributed by atoms with E-state index < -0.39 is 0 Å². The second kappa shape index (κ2) is 23.9. The fourth-order valence-corrected chi connectivity index (χ4v) is 2.05. The van der Waals surface area contributed by atoms with Crippen LogP contribution in [0.4, 0.5) is 0 Å². The third-order valence-electron chi connectivity index (χ3n) is 3.10. The molecule has 2 heterocycles. The summed E-state index contributed by atoms with van der Waals surface area (Å²) in [7, 11) is 0. The summed E-state index contributed by atoms with van der Waals surface area (Å²) in [6.45, 7) is 21.0. The van der Waals surface area contributed by atoms with Gasteiger partial charge < -0.3 is 0 Å². The molecule has 0 saturated carbocycles. The lowest BCUT2D eigenvalue weighted by atomic mass is 10.2. The fraction of sp³-hybridized carbons (Fsp3) is 0.419. The Morgan fingerprint density at radius 2 is 0.697 bits per heavy atom. The van der Waals surface area contributed by atoms with Crippen molar-refractivity contribution in [1.82, 2.24) is 9.97 Å². The Morgan fingerprint density at radius 1 is 0.455 bits per heavy atom. The van der Waals surface area contributed by atoms with Crippen LogP contribution in [-0.4, -0.2) is 9.97 Å². The molecule has 0 aliphatic carbocycles. The smallest absolute Gasteiger partial charge is 0.0346 e. The van der Waals surface area contributed by atoms with Crippen LogP contribution in [-0.2, 0) is 0 Å². The topological polar surface area (TPSA) is 25.8 Å². The molecule has 184 valence electrons. The Morgan fingerprint density at radius 3 is 0.939 bits per heavy atom. The molecule has 0 atom stereocenters. The second-order valence-corrected chi connectivity index (χ2v) is 7.91. The number of aromatic nitrogens is 2. The molecule has 0 radical (unpaired) electrons. The summed E-state index contributed by atoms with van der Waals surface area (Å²) in [5, 5.41) is 4.89. The lowest BCUT2D eigenvalue weighted by Crippen LogP contribution is -1.71. The Labute approximate surface area is 205 Å². The van der Waals surface area contributed by atoms with E-state index in [4.69, 9.17) is 0 Å². The van der Waals surface area contributed by atoms with Crippen molar-refractivity contribution in [2.45, 2.75) is 76.7 Å². The maximum absolute atomic E-state index is 4.01. The molecule has 0 unspecified atom stereocenters. The first-order chi connectivity index (χ1) is 15.4. The molecule has 0 amide bonds. The molecule has 0 spiro atoms. The average Bonchev–Trinajstić information content (AvgIpc) is 2.82. The van der Waals surface area contributed by atoms with E-state index in [2.05, 4.69) is 75.8 Å². The van der Waals surface area contributed by atoms with Crippen LogP contribution in [0.25, 0.3) is 21.5 Å². The first kappa shape index (κ1) is 34.9. The molecule has 4 aromatic rings. The van der Waals surface area contributed by atoms with Crippen molar-refractivity contribution < 1.29 is 0 Å². The molecule has 0 fully saturated rings. The first-order valence-corrected chi connectivity index (χ1v) is 12.0. The van der Waals surface area contributed by atoms with Crippen LogP contribution in [0.15, 0.2) is 85.5 Å². The van der Waals surface area contributed by atoms with Gasteiger partial charge in [-0.1, -0.05) is 125 Å². The van der Waals surface area contributed by atoms with Gasteiger partial charge in [0.05, 0.1) is 0 Å². The highest BCUT2D eigenvalue weighted by atomic mass is 14.6. The molecule has 33 heavy (non-hydrogen) atoms. The lowest BCUT2D eigenvalue weighted by Gasteiger charge is -1.91. The van der Waals surface area contributed by atoms with E-state index in [0.29, 0.717) is 0 Å². The van der Waals surface area contributed by atoms with Gasteiger partial charge in [-0.3, -0.25) is 9.97 Å². The lowest BCUT2D eigenvalue weighted by molar-refractivity contribution is 0.736. The molecule has 0 saturated heterocycles. The van der Waals surface area contributed by atoms with E-state index >= 15 is 0 Å². The standard InChI is InChI=1S/2C9H7N.2C4H10.2C2H6.CH4/c2*1-2-4-9-7-10-6-5-8(9)3-1;2*1-4(2)3;2*1-2;/h2*1-7H;2*4H,1-3H3;2*1-2H3;1H4. The predicted molar refractivity (Wildman–Crippen MR) is 154 cm³/mol. The van der Waals surface area contributed by atoms with E-state index in [0.717, 1.165) is 11.8 Å². The minimum atomic E-state index is 0. The van der Waals surface area contributed by atoms with Gasteiger partial charge in [0.25, 0.3) is 0 Å². The average molecular weight is 451 g/mol. The molecule has 2 heteroatoms. The van der Waals surface area contributed by atoms with Crippen LogP contribution in [0.2, 0.25) is 0 Å². The molecule has 2 aromatic heterocycles. The van der Waals surface area contributed by atoms with Crippen LogP contribution in [0, 0.1) is 11.8 Å². The van der Waals surface area contributed by atoms with Gasteiger partial charge in [0.2, 0.25) is 0 Å². The van der Waals surface area contributed by atoms with Crippen LogP contribution < -0.4 is 0 Å². The normalized spacial score (nSPS) is 8.61. The monoisotopic (exact) mass is 450 g/mol. The van der Waals surface area contributed by atoms with Crippen LogP contribution in [0.1, 0.15) is 76.7 Å². The molecular formula is C31H50N2. The Hall–Kier alpha value is -2.74. The van der Waals surface area contributed by atoms with E-state index in [1.807, 2.05) is 88.9 Å². The highest BCUT2D eigenvalue weighted by Crippen LogP contribution is 2.10. The zero-order valence-corrected chi connectivity index (χ0v) is 22.1. The summed E-state index contributed by atoms with van der Waals surface area (Å²) in [6.07, 6.45) is 7.36. The van der Waals surface area contributed by atoms with E-state index in [1.54, 1.807) is 0 Å². The number of hydrogen-bond acceptors (Lipinski definition) is 2. The zero-order valence-electron chi connectivity index (χ0n) is 22.1. The predicted octanol–water partition coefficient (Wildman–Crippen LogP) is 10.5. The van der Waals surface area contributed by atoms with Crippen molar-refractivity contribution in [1.29, 1.82) is 0 Å². The summed E-state index contributed by atoms with van der Waals surface area (Å²) in [6, 6.07) is 20.4. The second-order valence-electron chi connectivity index (χ2n) is 7.91. The van der Waals surface area contributed by atoms with Gasteiger partial charge in [0, 0.05) is 24.8 Å². The van der Waals surface area contributed by atoms with Gasteiger partial charge >= 0.3 is 0 Å². The van der Waals surface area contributed by atoms with E-state index in [-0.39, 0.29) is 7.43 Å². The van der Waals surface area contributed by atoms with Gasteiger partial charge in [-0.15, -0.1) is 0 Å². The summed E-state index contributed by atoms with van der Waals surface area (Å²) in [5.41, 5.74) is 0. The Kier molecular flexibility index (Phi) is 25.3. The molecule has 0 aliphatic heterocycles. The van der Waals surface area contributed by atoms with Crippen molar-refractivity contribution in [2.75, 3.05) is 0 Å². The van der Waals surface area contributed by atoms with Crippen molar-refractivity contribution in [3.8, 4) is 0 Å². The molecule has 2 nitrogen and oxygen atoms in total. The third kappa shape index (κ3) is 19.7. The SMILES string of the molecule is C.CC.CC.CC(C)C.CC(C)C.c1ccc2cnccc2c1.c1ccc2cnccc2c1. The van der Waals surface area contributed by atoms with E-state index in [1.165, 1.54) is 21.5 Å². The van der Waals surface area contributed by atoms with Gasteiger partial charge in [-0.25, -0.2) is 0 Å². The third-order valence-corrected chi connectivity index (χ3v) is 3.10. The van der Waals surface area contributed by atoms with Crippen LogP contribution in [0.3, 0.4) is 0 Å². The number of hydrogen-bond donors (Lipinski definition) is 0. The summed E-state index contributed by atoms with van der Waals surface area (Å²) in [4.78, 5) is 8.03. The van der Waals surface area contributed by atoms with Gasteiger partial charge in [0.15, 0.2) is 0 Å². The molecule has 2 aromatic carbocycles. The number of rotatable bonds is 0. The van der Waals surface area contributed by atoms with E-state index in [9.17, 15) is 0 Å². The van der Waals surface area contributed by atoms with Crippen molar-refractivity contribution in [2.24, 2.45) is 11.8 Å². The molecular weight excluding hydrogens is 400 g/mol. The largest absolute Gasteiger partial charge is 0.264 e. The van der Waals surface area contributed by atoms with Crippen LogP contribution in [0.5, 0.6) is 0 Å². The maximum Gasteiger partial charge on any atom is 0.0346 e. The molecule has 0 bridgehead atoms. The Balaban J connectivity index is -0.000000368. The summed E-state index contributed by atoms with van der Waals surface area (Å²) >= 11 is 0.